The van der Waals surface area contributed by atoms with Gasteiger partial charge in [0, 0.05) is 19.8 Å². The third-order valence-corrected chi connectivity index (χ3v) is 2.92. The Balaban J connectivity index is 3.71. The average Bonchev–Trinajstić information content (AvgIpc) is 2.12. The van der Waals surface area contributed by atoms with Gasteiger partial charge in [-0.15, -0.1) is 0 Å². The van der Waals surface area contributed by atoms with Crippen molar-refractivity contribution in [1.82, 2.24) is 0 Å². The Bertz CT molecular complexity index is 123. The summed E-state index contributed by atoms with van der Waals surface area (Å²) in [4.78, 5) is 0. The molecule has 2 nitrogen and oxygen atoms in total. The topological polar surface area (TPSA) is 29.5 Å². The van der Waals surface area contributed by atoms with Crippen LogP contribution in [0.2, 0.25) is 0 Å². The van der Waals surface area contributed by atoms with Gasteiger partial charge in [0.25, 0.3) is 0 Å². The van der Waals surface area contributed by atoms with Crippen LogP contribution in [0.5, 0.6) is 0 Å². The van der Waals surface area contributed by atoms with E-state index < -0.39 is 0 Å². The Morgan fingerprint density at radius 2 is 1.92 bits per heavy atom. The van der Waals surface area contributed by atoms with Crippen molar-refractivity contribution in [3.8, 4) is 0 Å². The largest absolute Gasteiger partial charge is 0.396 e. The summed E-state index contributed by atoms with van der Waals surface area (Å²) in [5.41, 5.74) is 0.0216. The van der Waals surface area contributed by atoms with Crippen LogP contribution in [-0.2, 0) is 4.74 Å². The summed E-state index contributed by atoms with van der Waals surface area (Å²) in [5, 5.41) is 9.26. The Hall–Kier alpha value is -0.0800. The number of aliphatic hydroxyl groups excluding tert-OH is 1. The van der Waals surface area contributed by atoms with Crippen molar-refractivity contribution in [2.45, 2.75) is 40.5 Å². The summed E-state index contributed by atoms with van der Waals surface area (Å²) in [7, 11) is 0. The van der Waals surface area contributed by atoms with Crippen molar-refractivity contribution >= 4 is 0 Å². The molecule has 0 aromatic heterocycles. The first-order chi connectivity index (χ1) is 6.06. The number of rotatable bonds is 7. The maximum absolute atomic E-state index is 9.26. The smallest absolute Gasteiger partial charge is 0.0488 e. The molecule has 0 radical (unpaired) electrons. The lowest BCUT2D eigenvalue weighted by Gasteiger charge is -2.31. The van der Waals surface area contributed by atoms with Crippen LogP contribution in [0.4, 0.5) is 0 Å². The second kappa shape index (κ2) is 6.39. The highest BCUT2D eigenvalue weighted by atomic mass is 16.5. The third-order valence-electron chi connectivity index (χ3n) is 2.92. The highest BCUT2D eigenvalue weighted by molar-refractivity contribution is 4.76. The Morgan fingerprint density at radius 1 is 1.31 bits per heavy atom. The molecule has 0 aromatic rings. The van der Waals surface area contributed by atoms with Gasteiger partial charge in [0.2, 0.25) is 0 Å². The molecule has 0 fully saturated rings. The van der Waals surface area contributed by atoms with E-state index in [0.717, 1.165) is 26.1 Å². The molecule has 0 spiro atoms. The molecule has 0 aliphatic rings. The van der Waals surface area contributed by atoms with E-state index in [4.69, 9.17) is 4.74 Å². The van der Waals surface area contributed by atoms with Crippen LogP contribution in [-0.4, -0.2) is 24.9 Å². The molecular formula is C11H24O2. The Morgan fingerprint density at radius 3 is 2.31 bits per heavy atom. The summed E-state index contributed by atoms with van der Waals surface area (Å²) in [5.74, 6) is 0.503. The molecule has 0 saturated heterocycles. The maximum atomic E-state index is 9.26. The molecular weight excluding hydrogens is 164 g/mol. The number of hydrogen-bond acceptors (Lipinski definition) is 2. The summed E-state index contributed by atoms with van der Waals surface area (Å²) < 4.78 is 5.42. The van der Waals surface area contributed by atoms with Gasteiger partial charge >= 0.3 is 0 Å². The lowest BCUT2D eigenvalue weighted by molar-refractivity contribution is 0.0391. The normalized spacial score (nSPS) is 16.2. The standard InChI is InChI=1S/C11H24O2/c1-5-7-13-8-6-11(4,9-12)10(2)3/h10,12H,5-9H2,1-4H3. The van der Waals surface area contributed by atoms with Crippen molar-refractivity contribution in [3.63, 3.8) is 0 Å². The van der Waals surface area contributed by atoms with E-state index in [0.29, 0.717) is 5.92 Å². The average molecular weight is 188 g/mol. The second-order valence-corrected chi connectivity index (χ2v) is 4.33. The predicted octanol–water partition coefficient (Wildman–Crippen LogP) is 2.46. The molecule has 1 atom stereocenters. The minimum atomic E-state index is 0.0216. The van der Waals surface area contributed by atoms with Gasteiger partial charge in [-0.05, 0) is 24.2 Å². The van der Waals surface area contributed by atoms with E-state index >= 15 is 0 Å². The summed E-state index contributed by atoms with van der Waals surface area (Å²) >= 11 is 0. The highest BCUT2D eigenvalue weighted by Gasteiger charge is 2.26. The fraction of sp³-hybridized carbons (Fsp3) is 1.00. The van der Waals surface area contributed by atoms with Gasteiger partial charge in [-0.2, -0.15) is 0 Å². The van der Waals surface area contributed by atoms with E-state index in [1.165, 1.54) is 0 Å². The molecule has 0 aromatic carbocycles. The Labute approximate surface area is 82.3 Å². The van der Waals surface area contributed by atoms with Crippen molar-refractivity contribution in [2.24, 2.45) is 11.3 Å². The fourth-order valence-corrected chi connectivity index (χ4v) is 1.10. The van der Waals surface area contributed by atoms with Crippen molar-refractivity contribution in [2.75, 3.05) is 19.8 Å². The molecule has 80 valence electrons. The quantitative estimate of drug-likeness (QED) is 0.622. The van der Waals surface area contributed by atoms with Gasteiger partial charge in [-0.25, -0.2) is 0 Å². The van der Waals surface area contributed by atoms with Crippen LogP contribution in [0.3, 0.4) is 0 Å². The number of aliphatic hydroxyl groups is 1. The zero-order chi connectivity index (χ0) is 10.3. The van der Waals surface area contributed by atoms with Crippen LogP contribution >= 0.6 is 0 Å². The zero-order valence-electron chi connectivity index (χ0n) is 9.47. The van der Waals surface area contributed by atoms with Crippen molar-refractivity contribution < 1.29 is 9.84 Å². The lowest BCUT2D eigenvalue weighted by Crippen LogP contribution is -2.29. The molecule has 0 aliphatic heterocycles. The van der Waals surface area contributed by atoms with E-state index in [-0.39, 0.29) is 12.0 Å². The first-order valence-corrected chi connectivity index (χ1v) is 5.25. The highest BCUT2D eigenvalue weighted by Crippen LogP contribution is 2.30. The molecule has 0 amide bonds. The summed E-state index contributed by atoms with van der Waals surface area (Å²) in [6, 6.07) is 0. The van der Waals surface area contributed by atoms with Crippen LogP contribution in [0.15, 0.2) is 0 Å². The van der Waals surface area contributed by atoms with Gasteiger partial charge in [-0.3, -0.25) is 0 Å². The van der Waals surface area contributed by atoms with E-state index in [9.17, 15) is 5.11 Å². The van der Waals surface area contributed by atoms with Crippen LogP contribution in [0.1, 0.15) is 40.5 Å². The third kappa shape index (κ3) is 4.63. The molecule has 1 unspecified atom stereocenters. The molecule has 1 N–H and O–H groups in total. The molecule has 0 heterocycles. The van der Waals surface area contributed by atoms with Crippen molar-refractivity contribution in [1.29, 1.82) is 0 Å². The first-order valence-electron chi connectivity index (χ1n) is 5.25. The minimum Gasteiger partial charge on any atom is -0.396 e. The molecule has 0 aliphatic carbocycles. The minimum absolute atomic E-state index is 0.0216. The number of hydrogen-bond donors (Lipinski definition) is 1. The van der Waals surface area contributed by atoms with Gasteiger partial charge in [0.1, 0.15) is 0 Å². The van der Waals surface area contributed by atoms with Gasteiger partial charge < -0.3 is 9.84 Å². The lowest BCUT2D eigenvalue weighted by atomic mass is 9.77. The van der Waals surface area contributed by atoms with Crippen molar-refractivity contribution in [3.05, 3.63) is 0 Å². The summed E-state index contributed by atoms with van der Waals surface area (Å²) in [6.45, 7) is 10.4. The maximum Gasteiger partial charge on any atom is 0.0488 e. The second-order valence-electron chi connectivity index (χ2n) is 4.33. The fourth-order valence-electron chi connectivity index (χ4n) is 1.10. The summed E-state index contributed by atoms with van der Waals surface area (Å²) in [6.07, 6.45) is 2.01. The van der Waals surface area contributed by atoms with Crippen LogP contribution in [0.25, 0.3) is 0 Å². The molecule has 0 rings (SSSR count). The molecule has 0 saturated carbocycles. The SMILES string of the molecule is CCCOCCC(C)(CO)C(C)C. The monoisotopic (exact) mass is 188 g/mol. The predicted molar refractivity (Wildman–Crippen MR) is 55.8 cm³/mol. The van der Waals surface area contributed by atoms with Crippen LogP contribution < -0.4 is 0 Å². The van der Waals surface area contributed by atoms with Crippen LogP contribution in [0, 0.1) is 11.3 Å². The van der Waals surface area contributed by atoms with Gasteiger partial charge in [0.15, 0.2) is 0 Å². The first kappa shape index (κ1) is 12.9. The van der Waals surface area contributed by atoms with Gasteiger partial charge in [0.05, 0.1) is 0 Å². The molecule has 0 bridgehead atoms. The zero-order valence-corrected chi connectivity index (χ0v) is 9.47. The van der Waals surface area contributed by atoms with E-state index in [2.05, 4.69) is 27.7 Å². The van der Waals surface area contributed by atoms with E-state index in [1.54, 1.807) is 0 Å². The van der Waals surface area contributed by atoms with Gasteiger partial charge in [-0.1, -0.05) is 27.7 Å². The van der Waals surface area contributed by atoms with E-state index in [1.807, 2.05) is 0 Å². The Kier molecular flexibility index (Phi) is 6.35. The molecule has 13 heavy (non-hydrogen) atoms. The number of ether oxygens (including phenoxy) is 1. The molecule has 2 heteroatoms.